The van der Waals surface area contributed by atoms with Gasteiger partial charge in [-0.25, -0.2) is 0 Å². The highest BCUT2D eigenvalue weighted by molar-refractivity contribution is 6.20. The molecule has 2 aliphatic rings. The Balaban J connectivity index is 1.53. The monoisotopic (exact) mass is 243 g/mol. The Kier molecular flexibility index (Phi) is 5.44. The molecule has 0 aromatic carbocycles. The van der Waals surface area contributed by atoms with E-state index in [-0.39, 0.29) is 0 Å². The maximum Gasteiger partial charge on any atom is 0.0336 e. The van der Waals surface area contributed by atoms with Gasteiger partial charge in [0.15, 0.2) is 0 Å². The molecule has 0 saturated heterocycles. The number of halogens is 1. The van der Waals surface area contributed by atoms with E-state index in [4.69, 9.17) is 11.6 Å². The Morgan fingerprint density at radius 2 is 1.31 bits per heavy atom. The summed E-state index contributed by atoms with van der Waals surface area (Å²) in [6.45, 7) is 2.50. The molecule has 0 unspecified atom stereocenters. The molecule has 0 amide bonds. The summed E-state index contributed by atoms with van der Waals surface area (Å²) in [4.78, 5) is 0. The average molecular weight is 244 g/mol. The molecule has 0 aromatic heterocycles. The second-order valence-corrected chi connectivity index (χ2v) is 6.40. The second-order valence-electron chi connectivity index (χ2n) is 5.78. The van der Waals surface area contributed by atoms with Crippen LogP contribution in [0.5, 0.6) is 0 Å². The minimum absolute atomic E-state index is 0.467. The minimum atomic E-state index is 0.467. The summed E-state index contributed by atoms with van der Waals surface area (Å²) in [7, 11) is 0. The minimum Gasteiger partial charge on any atom is -0.316 e. The largest absolute Gasteiger partial charge is 0.316 e. The molecule has 2 fully saturated rings. The number of hydrogen-bond acceptors (Lipinski definition) is 1. The van der Waals surface area contributed by atoms with Crippen molar-refractivity contribution in [3.8, 4) is 0 Å². The molecule has 0 radical (unpaired) electrons. The van der Waals surface area contributed by atoms with E-state index in [0.29, 0.717) is 5.38 Å². The first-order valence-corrected chi connectivity index (χ1v) is 7.63. The summed E-state index contributed by atoms with van der Waals surface area (Å²) in [6, 6.07) is 0. The van der Waals surface area contributed by atoms with Gasteiger partial charge in [-0.3, -0.25) is 0 Å². The number of hydrogen-bond donors (Lipinski definition) is 1. The molecule has 0 bridgehead atoms. The van der Waals surface area contributed by atoms with Crippen LogP contribution in [0.15, 0.2) is 0 Å². The second kappa shape index (κ2) is 6.86. The third-order valence-electron chi connectivity index (χ3n) is 4.37. The molecule has 2 rings (SSSR count). The molecule has 0 atom stereocenters. The third-order valence-corrected chi connectivity index (χ3v) is 4.80. The van der Waals surface area contributed by atoms with Gasteiger partial charge in [0.1, 0.15) is 0 Å². The van der Waals surface area contributed by atoms with Crippen LogP contribution < -0.4 is 5.32 Å². The molecule has 0 heterocycles. The van der Waals surface area contributed by atoms with Gasteiger partial charge in [0.05, 0.1) is 0 Å². The van der Waals surface area contributed by atoms with Gasteiger partial charge >= 0.3 is 0 Å². The van der Waals surface area contributed by atoms with E-state index in [2.05, 4.69) is 5.32 Å². The Morgan fingerprint density at radius 1 is 0.750 bits per heavy atom. The Hall–Kier alpha value is 0.250. The first kappa shape index (κ1) is 12.7. The Labute approximate surface area is 105 Å². The zero-order valence-corrected chi connectivity index (χ0v) is 11.1. The van der Waals surface area contributed by atoms with E-state index in [1.54, 1.807) is 0 Å². The predicted octanol–water partition coefficient (Wildman–Crippen LogP) is 3.95. The first-order valence-electron chi connectivity index (χ1n) is 7.19. The van der Waals surface area contributed by atoms with Crippen molar-refractivity contribution in [1.29, 1.82) is 0 Å². The van der Waals surface area contributed by atoms with E-state index < -0.39 is 0 Å². The lowest BCUT2D eigenvalue weighted by atomic mass is 9.87. The lowest BCUT2D eigenvalue weighted by molar-refractivity contribution is 0.306. The molecule has 2 aliphatic carbocycles. The fourth-order valence-electron chi connectivity index (χ4n) is 3.21. The number of alkyl halides is 1. The summed E-state index contributed by atoms with van der Waals surface area (Å²) in [5.41, 5.74) is 0. The molecule has 0 aliphatic heterocycles. The van der Waals surface area contributed by atoms with Crippen LogP contribution in [-0.4, -0.2) is 18.5 Å². The van der Waals surface area contributed by atoms with Crippen LogP contribution in [0.1, 0.15) is 57.8 Å². The number of nitrogens with one attached hydrogen (secondary N) is 1. The van der Waals surface area contributed by atoms with Gasteiger partial charge in [0.2, 0.25) is 0 Å². The normalized spacial score (nSPS) is 32.8. The van der Waals surface area contributed by atoms with Crippen molar-refractivity contribution in [3.63, 3.8) is 0 Å². The van der Waals surface area contributed by atoms with E-state index in [1.165, 1.54) is 70.9 Å². The molecule has 1 N–H and O–H groups in total. The van der Waals surface area contributed by atoms with Crippen LogP contribution in [0.2, 0.25) is 0 Å². The van der Waals surface area contributed by atoms with Crippen LogP contribution in [-0.2, 0) is 0 Å². The third kappa shape index (κ3) is 4.25. The van der Waals surface area contributed by atoms with Gasteiger partial charge in [-0.05, 0) is 63.5 Å². The quantitative estimate of drug-likeness (QED) is 0.738. The van der Waals surface area contributed by atoms with Crippen molar-refractivity contribution in [2.24, 2.45) is 11.8 Å². The van der Waals surface area contributed by atoms with Crippen LogP contribution >= 0.6 is 11.6 Å². The van der Waals surface area contributed by atoms with Gasteiger partial charge in [-0.15, -0.1) is 11.6 Å². The first-order chi connectivity index (χ1) is 7.84. The highest BCUT2D eigenvalue weighted by atomic mass is 35.5. The van der Waals surface area contributed by atoms with Gasteiger partial charge in [0, 0.05) is 5.38 Å². The van der Waals surface area contributed by atoms with Crippen molar-refractivity contribution in [2.75, 3.05) is 13.1 Å². The Morgan fingerprint density at radius 3 is 1.94 bits per heavy atom. The van der Waals surface area contributed by atoms with Crippen LogP contribution in [0, 0.1) is 11.8 Å². The molecule has 94 valence electrons. The van der Waals surface area contributed by atoms with Crippen molar-refractivity contribution < 1.29 is 0 Å². The summed E-state index contributed by atoms with van der Waals surface area (Å²) >= 11 is 6.12. The zero-order chi connectivity index (χ0) is 11.2. The fourth-order valence-corrected chi connectivity index (χ4v) is 3.46. The highest BCUT2D eigenvalue weighted by Gasteiger charge is 2.19. The molecule has 2 heteroatoms. The van der Waals surface area contributed by atoms with Crippen molar-refractivity contribution >= 4 is 11.6 Å². The van der Waals surface area contributed by atoms with Crippen LogP contribution in [0.3, 0.4) is 0 Å². The van der Waals surface area contributed by atoms with Crippen molar-refractivity contribution in [1.82, 2.24) is 5.32 Å². The summed E-state index contributed by atoms with van der Waals surface area (Å²) in [6.07, 6.45) is 12.5. The Bertz CT molecular complexity index is 181. The van der Waals surface area contributed by atoms with E-state index in [0.717, 1.165) is 11.8 Å². The van der Waals surface area contributed by atoms with Crippen molar-refractivity contribution in [3.05, 3.63) is 0 Å². The summed E-state index contributed by atoms with van der Waals surface area (Å²) in [5, 5.41) is 4.16. The van der Waals surface area contributed by atoms with E-state index in [9.17, 15) is 0 Å². The van der Waals surface area contributed by atoms with Crippen molar-refractivity contribution in [2.45, 2.75) is 63.2 Å². The molecule has 2 saturated carbocycles. The van der Waals surface area contributed by atoms with Gasteiger partial charge in [-0.2, -0.15) is 0 Å². The van der Waals surface area contributed by atoms with E-state index in [1.807, 2.05) is 0 Å². The van der Waals surface area contributed by atoms with Crippen LogP contribution in [0.4, 0.5) is 0 Å². The van der Waals surface area contributed by atoms with E-state index >= 15 is 0 Å². The van der Waals surface area contributed by atoms with Crippen LogP contribution in [0.25, 0.3) is 0 Å². The maximum atomic E-state index is 6.12. The summed E-state index contributed by atoms with van der Waals surface area (Å²) in [5.74, 6) is 1.87. The van der Waals surface area contributed by atoms with Gasteiger partial charge in [0.25, 0.3) is 0 Å². The zero-order valence-electron chi connectivity index (χ0n) is 10.4. The van der Waals surface area contributed by atoms with Gasteiger partial charge < -0.3 is 5.32 Å². The maximum absolute atomic E-state index is 6.12. The molecular weight excluding hydrogens is 218 g/mol. The lowest BCUT2D eigenvalue weighted by Crippen LogP contribution is -2.31. The van der Waals surface area contributed by atoms with Gasteiger partial charge in [-0.1, -0.05) is 19.3 Å². The predicted molar refractivity (Wildman–Crippen MR) is 71.0 cm³/mol. The SMILES string of the molecule is ClC1CCC(CNCC2CCCCC2)CC1. The fraction of sp³-hybridized carbons (Fsp3) is 1.00. The summed E-state index contributed by atoms with van der Waals surface area (Å²) < 4.78 is 0. The molecule has 1 nitrogen and oxygen atoms in total. The lowest BCUT2D eigenvalue weighted by Gasteiger charge is -2.27. The average Bonchev–Trinajstić information content (AvgIpc) is 2.33. The smallest absolute Gasteiger partial charge is 0.0336 e. The topological polar surface area (TPSA) is 12.0 Å². The molecular formula is C14H26ClN. The number of rotatable bonds is 4. The molecule has 0 spiro atoms. The standard InChI is InChI=1S/C14H26ClN/c15-14-8-6-13(7-9-14)11-16-10-12-4-2-1-3-5-12/h12-14,16H,1-11H2. The molecule has 0 aromatic rings. The molecule has 16 heavy (non-hydrogen) atoms. The highest BCUT2D eigenvalue weighted by Crippen LogP contribution is 2.27.